The molecule has 0 unspecified atom stereocenters. The molecule has 0 aromatic heterocycles. The zero-order valence-corrected chi connectivity index (χ0v) is 19.8. The highest BCUT2D eigenvalue weighted by atomic mass is 16.5. The van der Waals surface area contributed by atoms with Crippen molar-refractivity contribution < 1.29 is 23.8 Å². The van der Waals surface area contributed by atoms with Crippen molar-refractivity contribution in [3.63, 3.8) is 0 Å². The Morgan fingerprint density at radius 3 is 1.75 bits per heavy atom. The summed E-state index contributed by atoms with van der Waals surface area (Å²) in [6.45, 7) is 0. The first-order chi connectivity index (χ1) is 17.6. The van der Waals surface area contributed by atoms with Gasteiger partial charge in [-0.05, 0) is 24.3 Å². The van der Waals surface area contributed by atoms with Crippen LogP contribution in [0, 0.1) is 0 Å². The third-order valence-corrected chi connectivity index (χ3v) is 6.01. The van der Waals surface area contributed by atoms with Crippen molar-refractivity contribution in [2.24, 2.45) is 0 Å². The number of nitrogens with one attached hydrogen (secondary N) is 2. The molecule has 4 aromatic carbocycles. The van der Waals surface area contributed by atoms with Crippen molar-refractivity contribution in [3.05, 3.63) is 108 Å². The molecule has 5 rings (SSSR count). The molecule has 0 aliphatic carbocycles. The predicted molar refractivity (Wildman–Crippen MR) is 137 cm³/mol. The summed E-state index contributed by atoms with van der Waals surface area (Å²) >= 11 is 0. The molecule has 4 aromatic rings. The molecule has 0 saturated heterocycles. The maximum Gasteiger partial charge on any atom is 0.255 e. The number of para-hydroxylation sites is 2. The Balaban J connectivity index is 1.47. The van der Waals surface area contributed by atoms with Crippen LogP contribution in [-0.2, 0) is 4.79 Å². The molecule has 7 heteroatoms. The van der Waals surface area contributed by atoms with Crippen LogP contribution in [-0.4, -0.2) is 26.0 Å². The van der Waals surface area contributed by atoms with Crippen LogP contribution in [0.25, 0.3) is 0 Å². The first-order valence-electron chi connectivity index (χ1n) is 11.4. The molecule has 0 bridgehead atoms. The summed E-state index contributed by atoms with van der Waals surface area (Å²) in [7, 11) is 3.00. The van der Waals surface area contributed by atoms with E-state index in [1.165, 1.54) is 14.2 Å². The van der Waals surface area contributed by atoms with Crippen molar-refractivity contribution in [3.8, 4) is 23.0 Å². The number of ether oxygens (including phenoxy) is 3. The lowest BCUT2D eigenvalue weighted by Crippen LogP contribution is -2.25. The van der Waals surface area contributed by atoms with E-state index in [0.29, 0.717) is 39.9 Å². The van der Waals surface area contributed by atoms with Gasteiger partial charge in [-0.3, -0.25) is 9.59 Å². The lowest BCUT2D eigenvalue weighted by atomic mass is 9.87. The highest BCUT2D eigenvalue weighted by Crippen LogP contribution is 2.45. The molecule has 1 aliphatic heterocycles. The van der Waals surface area contributed by atoms with Crippen molar-refractivity contribution in [2.75, 3.05) is 24.9 Å². The summed E-state index contributed by atoms with van der Waals surface area (Å²) in [6.07, 6.45) is 0. The third kappa shape index (κ3) is 4.34. The van der Waals surface area contributed by atoms with Gasteiger partial charge in [0.25, 0.3) is 5.91 Å². The average Bonchev–Trinajstić information content (AvgIpc) is 2.92. The second-order valence-corrected chi connectivity index (χ2v) is 8.17. The summed E-state index contributed by atoms with van der Waals surface area (Å²) in [4.78, 5) is 26.4. The number of anilines is 2. The molecule has 0 saturated carbocycles. The van der Waals surface area contributed by atoms with Gasteiger partial charge in [-0.2, -0.15) is 0 Å². The Kier molecular flexibility index (Phi) is 6.28. The van der Waals surface area contributed by atoms with E-state index >= 15 is 0 Å². The van der Waals surface area contributed by atoms with Crippen LogP contribution in [0.5, 0.6) is 23.0 Å². The van der Waals surface area contributed by atoms with Crippen LogP contribution in [0.4, 0.5) is 11.4 Å². The molecule has 180 valence electrons. The Hall–Kier alpha value is -4.78. The summed E-state index contributed by atoms with van der Waals surface area (Å²) in [6, 6.07) is 27.1. The maximum absolute atomic E-state index is 13.7. The molecule has 0 spiro atoms. The van der Waals surface area contributed by atoms with Gasteiger partial charge in [0, 0.05) is 28.8 Å². The highest BCUT2D eigenvalue weighted by Gasteiger charge is 2.33. The van der Waals surface area contributed by atoms with E-state index in [4.69, 9.17) is 14.2 Å². The smallest absolute Gasteiger partial charge is 0.255 e. The van der Waals surface area contributed by atoms with Crippen LogP contribution < -0.4 is 24.8 Å². The molecule has 1 heterocycles. The normalized spacial score (nSPS) is 11.9. The minimum atomic E-state index is -0.584. The minimum absolute atomic E-state index is 0.250. The summed E-state index contributed by atoms with van der Waals surface area (Å²) in [5, 5.41) is 5.84. The second kappa shape index (κ2) is 9.84. The fourth-order valence-electron chi connectivity index (χ4n) is 4.27. The average molecular weight is 481 g/mol. The van der Waals surface area contributed by atoms with E-state index in [9.17, 15) is 9.59 Å². The minimum Gasteiger partial charge on any atom is -0.494 e. The lowest BCUT2D eigenvalue weighted by Gasteiger charge is -2.27. The fourth-order valence-corrected chi connectivity index (χ4v) is 4.27. The Morgan fingerprint density at radius 1 is 0.694 bits per heavy atom. The van der Waals surface area contributed by atoms with Gasteiger partial charge in [0.2, 0.25) is 5.91 Å². The lowest BCUT2D eigenvalue weighted by molar-refractivity contribution is -0.116. The number of benzene rings is 4. The molecule has 7 nitrogen and oxygen atoms in total. The summed E-state index contributed by atoms with van der Waals surface area (Å²) in [5.74, 6) is 0.908. The molecule has 0 radical (unpaired) electrons. The largest absolute Gasteiger partial charge is 0.494 e. The number of rotatable bonds is 6. The third-order valence-electron chi connectivity index (χ3n) is 6.01. The Morgan fingerprint density at radius 2 is 1.19 bits per heavy atom. The Labute approximate surface area is 208 Å². The molecule has 2 N–H and O–H groups in total. The van der Waals surface area contributed by atoms with Gasteiger partial charge >= 0.3 is 0 Å². The SMILES string of the molecule is COc1cc(NC(=O)C2c3ccccc3Oc3ccccc32)c(OC)cc1NC(=O)c1ccccc1. The van der Waals surface area contributed by atoms with Crippen LogP contribution in [0.3, 0.4) is 0 Å². The van der Waals surface area contributed by atoms with Gasteiger partial charge in [0.15, 0.2) is 0 Å². The fraction of sp³-hybridized carbons (Fsp3) is 0.103. The van der Waals surface area contributed by atoms with Gasteiger partial charge in [0.1, 0.15) is 23.0 Å². The molecule has 2 amide bonds. The molecule has 36 heavy (non-hydrogen) atoms. The number of fused-ring (bicyclic) bond motifs is 2. The number of hydrogen-bond acceptors (Lipinski definition) is 5. The second-order valence-electron chi connectivity index (χ2n) is 8.17. The first-order valence-corrected chi connectivity index (χ1v) is 11.4. The Bertz CT molecular complexity index is 1390. The number of carbonyl (C=O) groups excluding carboxylic acids is 2. The van der Waals surface area contributed by atoms with Gasteiger partial charge < -0.3 is 24.8 Å². The molecule has 0 fully saturated rings. The molecular formula is C29H24N2O5. The van der Waals surface area contributed by atoms with Crippen molar-refractivity contribution in [1.82, 2.24) is 0 Å². The molecule has 0 atom stereocenters. The maximum atomic E-state index is 13.7. The quantitative estimate of drug-likeness (QED) is 0.363. The number of amides is 2. The van der Waals surface area contributed by atoms with Gasteiger partial charge in [0.05, 0.1) is 31.5 Å². The van der Waals surface area contributed by atoms with Crippen LogP contribution in [0.2, 0.25) is 0 Å². The standard InChI is InChI=1S/C29H24N2O5/c1-34-25-17-22(26(35-2)16-21(25)30-28(32)18-10-4-3-5-11-18)31-29(33)27-19-12-6-8-14-23(19)36-24-15-9-7-13-20(24)27/h3-17,27H,1-2H3,(H,30,32)(H,31,33). The number of carbonyl (C=O) groups is 2. The summed E-state index contributed by atoms with van der Waals surface area (Å²) in [5.41, 5.74) is 2.88. The van der Waals surface area contributed by atoms with Gasteiger partial charge in [-0.1, -0.05) is 54.6 Å². The van der Waals surface area contributed by atoms with E-state index in [0.717, 1.165) is 11.1 Å². The topological polar surface area (TPSA) is 85.9 Å². The van der Waals surface area contributed by atoms with Crippen LogP contribution in [0.1, 0.15) is 27.4 Å². The van der Waals surface area contributed by atoms with E-state index in [1.807, 2.05) is 54.6 Å². The number of hydrogen-bond donors (Lipinski definition) is 2. The molecular weight excluding hydrogens is 456 g/mol. The first kappa shape index (κ1) is 23.0. The highest BCUT2D eigenvalue weighted by molar-refractivity contribution is 6.06. The monoisotopic (exact) mass is 480 g/mol. The zero-order valence-electron chi connectivity index (χ0n) is 19.8. The molecule has 1 aliphatic rings. The predicted octanol–water partition coefficient (Wildman–Crippen LogP) is 5.83. The van der Waals surface area contributed by atoms with Gasteiger partial charge in [-0.25, -0.2) is 0 Å². The van der Waals surface area contributed by atoms with Crippen LogP contribution in [0.15, 0.2) is 91.0 Å². The van der Waals surface area contributed by atoms with E-state index in [-0.39, 0.29) is 11.8 Å². The summed E-state index contributed by atoms with van der Waals surface area (Å²) < 4.78 is 17.1. The van der Waals surface area contributed by atoms with E-state index in [1.54, 1.807) is 36.4 Å². The van der Waals surface area contributed by atoms with Crippen molar-refractivity contribution in [2.45, 2.75) is 5.92 Å². The zero-order chi connectivity index (χ0) is 25.1. The number of methoxy groups -OCH3 is 2. The van der Waals surface area contributed by atoms with Gasteiger partial charge in [-0.15, -0.1) is 0 Å². The van der Waals surface area contributed by atoms with Crippen molar-refractivity contribution in [1.29, 1.82) is 0 Å². The van der Waals surface area contributed by atoms with E-state index < -0.39 is 5.92 Å². The van der Waals surface area contributed by atoms with Crippen molar-refractivity contribution >= 4 is 23.2 Å². The van der Waals surface area contributed by atoms with E-state index in [2.05, 4.69) is 10.6 Å². The van der Waals surface area contributed by atoms with Crippen LogP contribution >= 0.6 is 0 Å².